The highest BCUT2D eigenvalue weighted by molar-refractivity contribution is 5.68. The lowest BCUT2D eigenvalue weighted by atomic mass is 9.96. The Morgan fingerprint density at radius 3 is 2.84 bits per heavy atom. The van der Waals surface area contributed by atoms with Gasteiger partial charge in [0, 0.05) is 13.1 Å². The molecular weight excluding hydrogens is 256 g/mol. The summed E-state index contributed by atoms with van der Waals surface area (Å²) in [5.41, 5.74) is -0.475. The maximum atomic E-state index is 10.5. The van der Waals surface area contributed by atoms with E-state index in [1.807, 2.05) is 11.8 Å². The summed E-state index contributed by atoms with van der Waals surface area (Å²) in [6.07, 6.45) is 0. The normalized spacial score (nSPS) is 17.9. The van der Waals surface area contributed by atoms with Gasteiger partial charge in [-0.3, -0.25) is 15.0 Å². The first-order valence-corrected chi connectivity index (χ1v) is 5.69. The van der Waals surface area contributed by atoms with E-state index < -0.39 is 16.5 Å². The summed E-state index contributed by atoms with van der Waals surface area (Å²) in [5, 5.41) is 19.0. The quantitative estimate of drug-likeness (QED) is 0.603. The molecule has 104 valence electrons. The Kier molecular flexibility index (Phi) is 3.54. The first-order chi connectivity index (χ1) is 8.88. The van der Waals surface area contributed by atoms with Crippen LogP contribution in [0.4, 0.5) is 5.88 Å². The fraction of sp³-hybridized carbons (Fsp3) is 0.545. The third-order valence-corrected chi connectivity index (χ3v) is 2.87. The molecule has 0 amide bonds. The molecule has 1 N–H and O–H groups in total. The summed E-state index contributed by atoms with van der Waals surface area (Å²) in [7, 11) is 0. The van der Waals surface area contributed by atoms with Gasteiger partial charge >= 0.3 is 11.9 Å². The topological polar surface area (TPSA) is 106 Å². The number of carboxylic acids is 1. The molecule has 1 aromatic heterocycles. The van der Waals surface area contributed by atoms with Crippen molar-refractivity contribution >= 4 is 11.9 Å². The number of carboxylic acid groups (broad SMARTS) is 1. The lowest BCUT2D eigenvalue weighted by molar-refractivity contribution is -0.402. The predicted octanol–water partition coefficient (Wildman–Crippen LogP) is 0.863. The Labute approximate surface area is 108 Å². The average Bonchev–Trinajstić information content (AvgIpc) is 2.73. The molecule has 0 atom stereocenters. The number of furan rings is 1. The third kappa shape index (κ3) is 3.30. The summed E-state index contributed by atoms with van der Waals surface area (Å²) in [5.74, 6) is -0.770. The minimum absolute atomic E-state index is 0.277. The van der Waals surface area contributed by atoms with Crippen molar-refractivity contribution in [2.45, 2.75) is 19.1 Å². The van der Waals surface area contributed by atoms with E-state index >= 15 is 0 Å². The minimum atomic E-state index is -0.999. The van der Waals surface area contributed by atoms with Crippen LogP contribution < -0.4 is 0 Å². The van der Waals surface area contributed by atoms with Crippen molar-refractivity contribution < 1.29 is 24.0 Å². The second-order valence-electron chi connectivity index (χ2n) is 4.77. The summed E-state index contributed by atoms with van der Waals surface area (Å²) < 4.78 is 10.3. The van der Waals surface area contributed by atoms with Crippen LogP contribution in [0.25, 0.3) is 0 Å². The van der Waals surface area contributed by atoms with Gasteiger partial charge in [0.2, 0.25) is 0 Å². The van der Waals surface area contributed by atoms with Gasteiger partial charge in [-0.2, -0.15) is 0 Å². The monoisotopic (exact) mass is 270 g/mol. The Hall–Kier alpha value is -1.93. The zero-order chi connectivity index (χ0) is 14.0. The molecule has 0 spiro atoms. The maximum Gasteiger partial charge on any atom is 0.433 e. The fourth-order valence-corrected chi connectivity index (χ4v) is 2.11. The number of nitro groups is 1. The molecular formula is C11H14N2O6. The lowest BCUT2D eigenvalue weighted by Gasteiger charge is -2.46. The predicted molar refractivity (Wildman–Crippen MR) is 62.6 cm³/mol. The fourth-order valence-electron chi connectivity index (χ4n) is 2.11. The Morgan fingerprint density at radius 2 is 2.32 bits per heavy atom. The van der Waals surface area contributed by atoms with Crippen LogP contribution in [0, 0.1) is 10.1 Å². The SMILES string of the molecule is CC1(OCC(=O)O)CN(Cc2ccc([N+](=O)[O-])o2)C1. The zero-order valence-electron chi connectivity index (χ0n) is 10.4. The molecule has 0 radical (unpaired) electrons. The van der Waals surface area contributed by atoms with Gasteiger partial charge in [-0.25, -0.2) is 4.79 Å². The molecule has 8 nitrogen and oxygen atoms in total. The van der Waals surface area contributed by atoms with E-state index in [0.717, 1.165) is 0 Å². The van der Waals surface area contributed by atoms with Crippen molar-refractivity contribution in [2.75, 3.05) is 19.7 Å². The van der Waals surface area contributed by atoms with E-state index in [1.165, 1.54) is 6.07 Å². The average molecular weight is 270 g/mol. The van der Waals surface area contributed by atoms with E-state index in [2.05, 4.69) is 0 Å². The molecule has 8 heteroatoms. The summed E-state index contributed by atoms with van der Waals surface area (Å²) >= 11 is 0. The van der Waals surface area contributed by atoms with Crippen LogP contribution >= 0.6 is 0 Å². The molecule has 2 rings (SSSR count). The Morgan fingerprint density at radius 1 is 1.63 bits per heavy atom. The van der Waals surface area contributed by atoms with Gasteiger partial charge in [0.1, 0.15) is 17.3 Å². The standard InChI is InChI=1S/C11H14N2O6/c1-11(18-5-10(14)15)6-12(7-11)4-8-2-3-9(19-8)13(16)17/h2-3H,4-7H2,1H3,(H,14,15). The highest BCUT2D eigenvalue weighted by atomic mass is 16.6. The zero-order valence-corrected chi connectivity index (χ0v) is 10.4. The van der Waals surface area contributed by atoms with Crippen LogP contribution in [-0.4, -0.2) is 46.2 Å². The van der Waals surface area contributed by atoms with Crippen molar-refractivity contribution in [3.05, 3.63) is 28.0 Å². The molecule has 0 unspecified atom stereocenters. The van der Waals surface area contributed by atoms with Gasteiger partial charge in [0.15, 0.2) is 0 Å². The van der Waals surface area contributed by atoms with Crippen LogP contribution in [-0.2, 0) is 16.1 Å². The van der Waals surface area contributed by atoms with Gasteiger partial charge in [0.05, 0.1) is 18.2 Å². The van der Waals surface area contributed by atoms with E-state index in [4.69, 9.17) is 14.3 Å². The molecule has 0 aliphatic carbocycles. The molecule has 0 saturated carbocycles. The number of hydrogen-bond donors (Lipinski definition) is 1. The first kappa shape index (κ1) is 13.5. The minimum Gasteiger partial charge on any atom is -0.480 e. The number of hydrogen-bond acceptors (Lipinski definition) is 6. The molecule has 1 fully saturated rings. The molecule has 1 aliphatic heterocycles. The van der Waals surface area contributed by atoms with E-state index in [9.17, 15) is 14.9 Å². The van der Waals surface area contributed by atoms with Gasteiger partial charge < -0.3 is 14.3 Å². The largest absolute Gasteiger partial charge is 0.480 e. The Bertz CT molecular complexity index is 491. The van der Waals surface area contributed by atoms with Crippen molar-refractivity contribution in [2.24, 2.45) is 0 Å². The number of nitrogens with zero attached hydrogens (tertiary/aromatic N) is 2. The molecule has 1 aromatic rings. The van der Waals surface area contributed by atoms with Crippen LogP contribution in [0.3, 0.4) is 0 Å². The van der Waals surface area contributed by atoms with Crippen molar-refractivity contribution in [3.63, 3.8) is 0 Å². The lowest BCUT2D eigenvalue weighted by Crippen LogP contribution is -2.61. The second-order valence-corrected chi connectivity index (χ2v) is 4.77. The van der Waals surface area contributed by atoms with Crippen molar-refractivity contribution in [1.29, 1.82) is 0 Å². The second kappa shape index (κ2) is 4.98. The molecule has 1 saturated heterocycles. The van der Waals surface area contributed by atoms with E-state index in [0.29, 0.717) is 25.4 Å². The van der Waals surface area contributed by atoms with E-state index in [1.54, 1.807) is 6.07 Å². The van der Waals surface area contributed by atoms with Crippen LogP contribution in [0.5, 0.6) is 0 Å². The molecule has 0 aromatic carbocycles. The van der Waals surface area contributed by atoms with Gasteiger partial charge in [-0.1, -0.05) is 0 Å². The summed E-state index contributed by atoms with van der Waals surface area (Å²) in [6.45, 7) is 3.08. The van der Waals surface area contributed by atoms with Gasteiger partial charge in [0.25, 0.3) is 0 Å². The summed E-state index contributed by atoms with van der Waals surface area (Å²) in [6, 6.07) is 2.88. The number of likely N-dealkylation sites (tertiary alicyclic amines) is 1. The van der Waals surface area contributed by atoms with Crippen molar-refractivity contribution in [1.82, 2.24) is 4.90 Å². The molecule has 2 heterocycles. The number of aliphatic carboxylic acids is 1. The third-order valence-electron chi connectivity index (χ3n) is 2.87. The van der Waals surface area contributed by atoms with E-state index in [-0.39, 0.29) is 12.5 Å². The number of ether oxygens (including phenoxy) is 1. The van der Waals surface area contributed by atoms with Gasteiger partial charge in [-0.05, 0) is 13.0 Å². The highest BCUT2D eigenvalue weighted by Crippen LogP contribution is 2.27. The molecule has 0 bridgehead atoms. The first-order valence-electron chi connectivity index (χ1n) is 5.69. The number of rotatable bonds is 6. The van der Waals surface area contributed by atoms with Crippen molar-refractivity contribution in [3.8, 4) is 0 Å². The highest BCUT2D eigenvalue weighted by Gasteiger charge is 2.40. The number of carbonyl (C=O) groups is 1. The van der Waals surface area contributed by atoms with Crippen LogP contribution in [0.15, 0.2) is 16.5 Å². The maximum absolute atomic E-state index is 10.5. The molecule has 1 aliphatic rings. The van der Waals surface area contributed by atoms with Gasteiger partial charge in [-0.15, -0.1) is 0 Å². The van der Waals surface area contributed by atoms with Crippen LogP contribution in [0.1, 0.15) is 12.7 Å². The Balaban J connectivity index is 1.80. The molecule has 19 heavy (non-hydrogen) atoms. The van der Waals surface area contributed by atoms with Crippen LogP contribution in [0.2, 0.25) is 0 Å². The summed E-state index contributed by atoms with van der Waals surface area (Å²) in [4.78, 5) is 22.2. The smallest absolute Gasteiger partial charge is 0.433 e.